The maximum atomic E-state index is 12.3. The van der Waals surface area contributed by atoms with Gasteiger partial charge in [-0.1, -0.05) is 17.7 Å². The molecule has 0 spiro atoms. The zero-order valence-electron chi connectivity index (χ0n) is 9.98. The van der Waals surface area contributed by atoms with Gasteiger partial charge in [0.2, 0.25) is 0 Å². The van der Waals surface area contributed by atoms with Gasteiger partial charge in [-0.2, -0.15) is 0 Å². The Morgan fingerprint density at radius 1 is 1.41 bits per heavy atom. The number of aliphatic hydroxyl groups excluding tert-OH is 1. The monoisotopic (exact) mass is 235 g/mol. The highest BCUT2D eigenvalue weighted by Gasteiger charge is 2.20. The van der Waals surface area contributed by atoms with E-state index in [4.69, 9.17) is 4.74 Å². The Bertz CT molecular complexity index is 411. The van der Waals surface area contributed by atoms with Gasteiger partial charge in [0.25, 0.3) is 5.91 Å². The molecule has 4 heteroatoms. The van der Waals surface area contributed by atoms with E-state index in [1.165, 1.54) is 0 Å². The molecule has 4 nitrogen and oxygen atoms in total. The van der Waals surface area contributed by atoms with Crippen molar-refractivity contribution in [2.45, 2.75) is 13.5 Å². The third-order valence-corrected chi connectivity index (χ3v) is 2.96. The van der Waals surface area contributed by atoms with Crippen LogP contribution in [0, 0.1) is 6.92 Å². The molecule has 0 aromatic heterocycles. The van der Waals surface area contributed by atoms with Crippen molar-refractivity contribution in [1.82, 2.24) is 4.90 Å². The summed E-state index contributed by atoms with van der Waals surface area (Å²) in [6, 6.07) is 5.54. The van der Waals surface area contributed by atoms with Crippen LogP contribution in [0.3, 0.4) is 0 Å². The number of benzene rings is 1. The highest BCUT2D eigenvalue weighted by Crippen LogP contribution is 2.15. The van der Waals surface area contributed by atoms with E-state index < -0.39 is 0 Å². The van der Waals surface area contributed by atoms with Gasteiger partial charge in [0.15, 0.2) is 0 Å². The van der Waals surface area contributed by atoms with Crippen LogP contribution in [0.4, 0.5) is 0 Å². The molecule has 0 bridgehead atoms. The van der Waals surface area contributed by atoms with E-state index in [2.05, 4.69) is 0 Å². The first-order chi connectivity index (χ1) is 8.22. The van der Waals surface area contributed by atoms with Crippen LogP contribution in [-0.4, -0.2) is 42.2 Å². The van der Waals surface area contributed by atoms with Gasteiger partial charge in [-0.3, -0.25) is 4.79 Å². The number of nitrogens with zero attached hydrogens (tertiary/aromatic N) is 1. The molecule has 1 aliphatic heterocycles. The van der Waals surface area contributed by atoms with Gasteiger partial charge in [0.05, 0.1) is 19.8 Å². The number of hydrogen-bond donors (Lipinski definition) is 1. The van der Waals surface area contributed by atoms with Gasteiger partial charge in [-0.25, -0.2) is 0 Å². The molecule has 1 aromatic carbocycles. The fourth-order valence-corrected chi connectivity index (χ4v) is 2.00. The van der Waals surface area contributed by atoms with Crippen molar-refractivity contribution in [3.05, 3.63) is 34.9 Å². The van der Waals surface area contributed by atoms with E-state index in [1.54, 1.807) is 11.0 Å². The van der Waals surface area contributed by atoms with E-state index >= 15 is 0 Å². The zero-order chi connectivity index (χ0) is 12.3. The van der Waals surface area contributed by atoms with Crippen LogP contribution in [0.2, 0.25) is 0 Å². The summed E-state index contributed by atoms with van der Waals surface area (Å²) in [7, 11) is 0. The summed E-state index contributed by atoms with van der Waals surface area (Å²) in [6.07, 6.45) is 0. The number of aryl methyl sites for hydroxylation is 1. The molecule has 1 aliphatic rings. The Morgan fingerprint density at radius 2 is 2.12 bits per heavy atom. The Kier molecular flexibility index (Phi) is 3.76. The summed E-state index contributed by atoms with van der Waals surface area (Å²) < 4.78 is 5.22. The Balaban J connectivity index is 2.23. The zero-order valence-corrected chi connectivity index (χ0v) is 9.98. The molecule has 0 atom stereocenters. The van der Waals surface area contributed by atoms with E-state index in [0.29, 0.717) is 37.4 Å². The van der Waals surface area contributed by atoms with Crippen LogP contribution >= 0.6 is 0 Å². The highest BCUT2D eigenvalue weighted by molar-refractivity contribution is 5.95. The second-order valence-electron chi connectivity index (χ2n) is 4.22. The number of carbonyl (C=O) groups excluding carboxylic acids is 1. The van der Waals surface area contributed by atoms with E-state index in [1.807, 2.05) is 19.1 Å². The van der Waals surface area contributed by atoms with Crippen molar-refractivity contribution < 1.29 is 14.6 Å². The molecule has 1 amide bonds. The average molecular weight is 235 g/mol. The second-order valence-corrected chi connectivity index (χ2v) is 4.22. The Morgan fingerprint density at radius 3 is 2.76 bits per heavy atom. The van der Waals surface area contributed by atoms with Crippen LogP contribution in [-0.2, 0) is 11.3 Å². The van der Waals surface area contributed by atoms with Gasteiger partial charge < -0.3 is 14.7 Å². The number of amides is 1. The van der Waals surface area contributed by atoms with Gasteiger partial charge >= 0.3 is 0 Å². The van der Waals surface area contributed by atoms with Crippen LogP contribution in [0.15, 0.2) is 18.2 Å². The van der Waals surface area contributed by atoms with Crippen molar-refractivity contribution in [3.63, 3.8) is 0 Å². The van der Waals surface area contributed by atoms with Crippen LogP contribution in [0.1, 0.15) is 21.5 Å². The van der Waals surface area contributed by atoms with E-state index in [-0.39, 0.29) is 12.5 Å². The summed E-state index contributed by atoms with van der Waals surface area (Å²) in [5.74, 6) is -0.0163. The maximum Gasteiger partial charge on any atom is 0.254 e. The standard InChI is InChI=1S/C13H17NO3/c1-10-2-3-12(11(8-10)9-15)13(16)14-4-6-17-7-5-14/h2-3,8,15H,4-7,9H2,1H3. The first-order valence-corrected chi connectivity index (χ1v) is 5.80. The molecule has 1 N–H and O–H groups in total. The summed E-state index contributed by atoms with van der Waals surface area (Å²) in [5, 5.41) is 9.29. The highest BCUT2D eigenvalue weighted by atomic mass is 16.5. The SMILES string of the molecule is Cc1ccc(C(=O)N2CCOCC2)c(CO)c1. The molecule has 0 aliphatic carbocycles. The summed E-state index contributed by atoms with van der Waals surface area (Å²) in [4.78, 5) is 14.0. The maximum absolute atomic E-state index is 12.3. The molecule has 1 aromatic rings. The summed E-state index contributed by atoms with van der Waals surface area (Å²) in [6.45, 7) is 4.27. The third-order valence-electron chi connectivity index (χ3n) is 2.96. The summed E-state index contributed by atoms with van der Waals surface area (Å²) in [5.41, 5.74) is 2.34. The fourth-order valence-electron chi connectivity index (χ4n) is 2.00. The van der Waals surface area contributed by atoms with E-state index in [0.717, 1.165) is 5.56 Å². The molecular weight excluding hydrogens is 218 g/mol. The lowest BCUT2D eigenvalue weighted by Crippen LogP contribution is -2.41. The summed E-state index contributed by atoms with van der Waals surface area (Å²) >= 11 is 0. The number of hydrogen-bond acceptors (Lipinski definition) is 3. The smallest absolute Gasteiger partial charge is 0.254 e. The molecule has 2 rings (SSSR count). The molecule has 0 unspecified atom stereocenters. The van der Waals surface area contributed by atoms with Crippen molar-refractivity contribution in [2.24, 2.45) is 0 Å². The van der Waals surface area contributed by atoms with Gasteiger partial charge in [0.1, 0.15) is 0 Å². The molecule has 1 saturated heterocycles. The van der Waals surface area contributed by atoms with Gasteiger partial charge in [-0.05, 0) is 18.6 Å². The number of aliphatic hydroxyl groups is 1. The molecule has 1 heterocycles. The van der Waals surface area contributed by atoms with Crippen molar-refractivity contribution in [1.29, 1.82) is 0 Å². The first-order valence-electron chi connectivity index (χ1n) is 5.80. The lowest BCUT2D eigenvalue weighted by molar-refractivity contribution is 0.0301. The van der Waals surface area contributed by atoms with Crippen molar-refractivity contribution >= 4 is 5.91 Å². The van der Waals surface area contributed by atoms with Crippen LogP contribution in [0.25, 0.3) is 0 Å². The minimum Gasteiger partial charge on any atom is -0.392 e. The molecule has 1 fully saturated rings. The molecular formula is C13H17NO3. The molecule has 92 valence electrons. The van der Waals surface area contributed by atoms with Crippen LogP contribution < -0.4 is 0 Å². The van der Waals surface area contributed by atoms with Crippen molar-refractivity contribution in [3.8, 4) is 0 Å². The Labute approximate surface area is 101 Å². The molecule has 0 radical (unpaired) electrons. The third kappa shape index (κ3) is 2.65. The lowest BCUT2D eigenvalue weighted by atomic mass is 10.0. The normalized spacial score (nSPS) is 16.0. The second kappa shape index (κ2) is 5.29. The van der Waals surface area contributed by atoms with Crippen molar-refractivity contribution in [2.75, 3.05) is 26.3 Å². The van der Waals surface area contributed by atoms with Crippen LogP contribution in [0.5, 0.6) is 0 Å². The predicted molar refractivity (Wildman–Crippen MR) is 63.8 cm³/mol. The minimum atomic E-state index is -0.104. The van der Waals surface area contributed by atoms with E-state index in [9.17, 15) is 9.90 Å². The number of carbonyl (C=O) groups is 1. The quantitative estimate of drug-likeness (QED) is 0.830. The molecule has 17 heavy (non-hydrogen) atoms. The first kappa shape index (κ1) is 12.1. The number of morpholine rings is 1. The topological polar surface area (TPSA) is 49.8 Å². The largest absolute Gasteiger partial charge is 0.392 e. The average Bonchev–Trinajstić information content (AvgIpc) is 2.39. The van der Waals surface area contributed by atoms with Gasteiger partial charge in [0, 0.05) is 18.7 Å². The predicted octanol–water partition coefficient (Wildman–Crippen LogP) is 0.960. The lowest BCUT2D eigenvalue weighted by Gasteiger charge is -2.27. The fraction of sp³-hybridized carbons (Fsp3) is 0.462. The molecule has 0 saturated carbocycles. The number of rotatable bonds is 2. The Hall–Kier alpha value is -1.39. The minimum absolute atomic E-state index is 0.0163. The van der Waals surface area contributed by atoms with Gasteiger partial charge in [-0.15, -0.1) is 0 Å². The number of ether oxygens (including phenoxy) is 1.